The van der Waals surface area contributed by atoms with E-state index in [4.69, 9.17) is 5.11 Å². The fourth-order valence-electron chi connectivity index (χ4n) is 1.21. The molecule has 0 spiro atoms. The van der Waals surface area contributed by atoms with Gasteiger partial charge in [0.05, 0.1) is 5.69 Å². The maximum Gasteiger partial charge on any atom is 0.166 e. The highest BCUT2D eigenvalue weighted by atomic mass is 16.3. The van der Waals surface area contributed by atoms with Crippen LogP contribution < -0.4 is 0 Å². The first-order chi connectivity index (χ1) is 5.79. The van der Waals surface area contributed by atoms with Gasteiger partial charge in [-0.1, -0.05) is 0 Å². The van der Waals surface area contributed by atoms with Gasteiger partial charge in [0.25, 0.3) is 0 Å². The Morgan fingerprint density at radius 3 is 2.92 bits per heavy atom. The van der Waals surface area contributed by atoms with Crippen LogP contribution in [-0.2, 0) is 0 Å². The van der Waals surface area contributed by atoms with Crippen LogP contribution in [0, 0.1) is 0 Å². The number of carbonyl (C=O) groups excluding carboxylic acids is 1. The largest absolute Gasteiger partial charge is 0.508 e. The van der Waals surface area contributed by atoms with Gasteiger partial charge in [0, 0.05) is 10.9 Å². The molecular formula is C9H7NO2. The molecule has 0 aliphatic heterocycles. The number of hydrogen-bond donors (Lipinski definition) is 2. The number of carbonyl (C=O) groups is 1. The lowest BCUT2D eigenvalue weighted by molar-refractivity contribution is 0.112. The first kappa shape index (κ1) is 6.91. The van der Waals surface area contributed by atoms with E-state index in [1.54, 1.807) is 24.3 Å². The number of aromatic nitrogens is 1. The summed E-state index contributed by atoms with van der Waals surface area (Å²) in [5.74, 6) is 0.207. The molecule has 2 rings (SSSR count). The summed E-state index contributed by atoms with van der Waals surface area (Å²) in [6.07, 6.45) is 0.747. The highest BCUT2D eigenvalue weighted by Gasteiger charge is 1.99. The van der Waals surface area contributed by atoms with Crippen molar-refractivity contribution in [3.63, 3.8) is 0 Å². The molecule has 1 aromatic heterocycles. The first-order valence-corrected chi connectivity index (χ1v) is 3.56. The Morgan fingerprint density at radius 1 is 1.33 bits per heavy atom. The molecule has 0 saturated heterocycles. The molecule has 0 aliphatic rings. The van der Waals surface area contributed by atoms with E-state index in [-0.39, 0.29) is 5.75 Å². The zero-order valence-corrected chi connectivity index (χ0v) is 6.24. The Labute approximate surface area is 68.6 Å². The number of phenolic OH excluding ortho intramolecular Hbond substituents is 1. The third-order valence-corrected chi connectivity index (χ3v) is 1.75. The first-order valence-electron chi connectivity index (χ1n) is 3.56. The van der Waals surface area contributed by atoms with Crippen LogP contribution in [0.1, 0.15) is 10.5 Å². The lowest BCUT2D eigenvalue weighted by atomic mass is 10.2. The SMILES string of the molecule is O=Cc1cc2cc(O)ccc2[nH]1. The van der Waals surface area contributed by atoms with Crippen molar-refractivity contribution >= 4 is 17.2 Å². The minimum atomic E-state index is 0.207. The van der Waals surface area contributed by atoms with E-state index in [0.29, 0.717) is 5.69 Å². The summed E-state index contributed by atoms with van der Waals surface area (Å²) < 4.78 is 0. The summed E-state index contributed by atoms with van der Waals surface area (Å²) in [6, 6.07) is 6.62. The van der Waals surface area contributed by atoms with Crippen LogP contribution in [0.2, 0.25) is 0 Å². The number of aromatic amines is 1. The van der Waals surface area contributed by atoms with E-state index in [0.717, 1.165) is 17.2 Å². The standard InChI is InChI=1S/C9H7NO2/c11-5-7-3-6-4-8(12)1-2-9(6)10-7/h1-5,10,12H. The summed E-state index contributed by atoms with van der Waals surface area (Å²) >= 11 is 0. The molecule has 2 N–H and O–H groups in total. The maximum absolute atomic E-state index is 10.4. The van der Waals surface area contributed by atoms with Crippen LogP contribution in [-0.4, -0.2) is 16.4 Å². The summed E-state index contributed by atoms with van der Waals surface area (Å²) in [4.78, 5) is 13.3. The zero-order chi connectivity index (χ0) is 8.55. The van der Waals surface area contributed by atoms with E-state index < -0.39 is 0 Å². The van der Waals surface area contributed by atoms with Gasteiger partial charge in [0.2, 0.25) is 0 Å². The molecule has 2 aromatic rings. The summed E-state index contributed by atoms with van der Waals surface area (Å²) in [6.45, 7) is 0. The maximum atomic E-state index is 10.4. The molecular weight excluding hydrogens is 154 g/mol. The van der Waals surface area contributed by atoms with E-state index >= 15 is 0 Å². The zero-order valence-electron chi connectivity index (χ0n) is 6.24. The van der Waals surface area contributed by atoms with Crippen molar-refractivity contribution in [3.05, 3.63) is 30.0 Å². The summed E-state index contributed by atoms with van der Waals surface area (Å²) in [5.41, 5.74) is 1.38. The van der Waals surface area contributed by atoms with E-state index in [1.807, 2.05) is 0 Å². The van der Waals surface area contributed by atoms with Gasteiger partial charge < -0.3 is 10.1 Å². The van der Waals surface area contributed by atoms with Crippen LogP contribution in [0.15, 0.2) is 24.3 Å². The lowest BCUT2D eigenvalue weighted by Gasteiger charge is -1.89. The van der Waals surface area contributed by atoms with E-state index in [2.05, 4.69) is 4.98 Å². The summed E-state index contributed by atoms with van der Waals surface area (Å²) in [5, 5.41) is 9.95. The second-order valence-corrected chi connectivity index (χ2v) is 2.61. The minimum absolute atomic E-state index is 0.207. The van der Waals surface area contributed by atoms with Gasteiger partial charge in [-0.25, -0.2) is 0 Å². The Hall–Kier alpha value is -1.77. The number of aldehydes is 1. The second kappa shape index (κ2) is 2.37. The molecule has 0 fully saturated rings. The number of phenols is 1. The van der Waals surface area contributed by atoms with Crippen LogP contribution in [0.5, 0.6) is 5.75 Å². The lowest BCUT2D eigenvalue weighted by Crippen LogP contribution is -1.74. The predicted molar refractivity (Wildman–Crippen MR) is 45.4 cm³/mol. The molecule has 1 heterocycles. The van der Waals surface area contributed by atoms with Gasteiger partial charge in [-0.15, -0.1) is 0 Å². The number of H-pyrrole nitrogens is 1. The van der Waals surface area contributed by atoms with Crippen molar-refractivity contribution in [2.24, 2.45) is 0 Å². The number of nitrogens with one attached hydrogen (secondary N) is 1. The number of aromatic hydroxyl groups is 1. The number of rotatable bonds is 1. The molecule has 0 saturated carbocycles. The number of benzene rings is 1. The Balaban J connectivity index is 2.75. The Bertz CT molecular complexity index is 431. The van der Waals surface area contributed by atoms with Gasteiger partial charge in [-0.05, 0) is 24.3 Å². The molecule has 0 amide bonds. The molecule has 0 radical (unpaired) electrons. The van der Waals surface area contributed by atoms with E-state index in [1.165, 1.54) is 0 Å². The van der Waals surface area contributed by atoms with Gasteiger partial charge in [0.15, 0.2) is 6.29 Å². The van der Waals surface area contributed by atoms with Crippen LogP contribution >= 0.6 is 0 Å². The normalized spacial score (nSPS) is 10.3. The van der Waals surface area contributed by atoms with Crippen LogP contribution in [0.25, 0.3) is 10.9 Å². The van der Waals surface area contributed by atoms with Crippen molar-refractivity contribution < 1.29 is 9.90 Å². The fraction of sp³-hybridized carbons (Fsp3) is 0. The average Bonchev–Trinajstić information content (AvgIpc) is 2.46. The highest BCUT2D eigenvalue weighted by molar-refractivity contribution is 5.88. The molecule has 0 bridgehead atoms. The van der Waals surface area contributed by atoms with Gasteiger partial charge in [-0.3, -0.25) is 4.79 Å². The average molecular weight is 161 g/mol. The fourth-order valence-corrected chi connectivity index (χ4v) is 1.21. The van der Waals surface area contributed by atoms with Crippen molar-refractivity contribution in [1.82, 2.24) is 4.98 Å². The van der Waals surface area contributed by atoms with Crippen molar-refractivity contribution in [3.8, 4) is 5.75 Å². The van der Waals surface area contributed by atoms with Crippen molar-refractivity contribution in [2.45, 2.75) is 0 Å². The Kier molecular flexibility index (Phi) is 1.37. The summed E-state index contributed by atoms with van der Waals surface area (Å²) in [7, 11) is 0. The third-order valence-electron chi connectivity index (χ3n) is 1.75. The second-order valence-electron chi connectivity index (χ2n) is 2.61. The molecule has 0 atom stereocenters. The van der Waals surface area contributed by atoms with Crippen molar-refractivity contribution in [1.29, 1.82) is 0 Å². The minimum Gasteiger partial charge on any atom is -0.508 e. The quantitative estimate of drug-likeness (QED) is 0.625. The molecule has 0 aliphatic carbocycles. The van der Waals surface area contributed by atoms with Crippen LogP contribution in [0.3, 0.4) is 0 Å². The van der Waals surface area contributed by atoms with Gasteiger partial charge in [0.1, 0.15) is 5.75 Å². The van der Waals surface area contributed by atoms with Crippen LogP contribution in [0.4, 0.5) is 0 Å². The highest BCUT2D eigenvalue weighted by Crippen LogP contribution is 2.19. The van der Waals surface area contributed by atoms with Crippen molar-refractivity contribution in [2.75, 3.05) is 0 Å². The molecule has 3 nitrogen and oxygen atoms in total. The molecule has 3 heteroatoms. The molecule has 60 valence electrons. The van der Waals surface area contributed by atoms with E-state index in [9.17, 15) is 4.79 Å². The molecule has 12 heavy (non-hydrogen) atoms. The topological polar surface area (TPSA) is 53.1 Å². The predicted octanol–water partition coefficient (Wildman–Crippen LogP) is 1.69. The Morgan fingerprint density at radius 2 is 2.17 bits per heavy atom. The van der Waals surface area contributed by atoms with Gasteiger partial charge >= 0.3 is 0 Å². The molecule has 0 unspecified atom stereocenters. The monoisotopic (exact) mass is 161 g/mol. The molecule has 1 aromatic carbocycles. The smallest absolute Gasteiger partial charge is 0.166 e. The number of hydrogen-bond acceptors (Lipinski definition) is 2. The third kappa shape index (κ3) is 0.955. The number of fused-ring (bicyclic) bond motifs is 1. The van der Waals surface area contributed by atoms with Gasteiger partial charge in [-0.2, -0.15) is 0 Å².